The number of aryl methyl sites for hydroxylation is 1. The fourth-order valence-corrected chi connectivity index (χ4v) is 4.76. The first-order chi connectivity index (χ1) is 13.2. The maximum atomic E-state index is 12.7. The van der Waals surface area contributed by atoms with Gasteiger partial charge in [-0.3, -0.25) is 4.79 Å². The Labute approximate surface area is 171 Å². The number of sulfonamides is 1. The highest BCUT2D eigenvalue weighted by Gasteiger charge is 2.25. The van der Waals surface area contributed by atoms with Crippen LogP contribution in [0.3, 0.4) is 0 Å². The van der Waals surface area contributed by atoms with Crippen molar-refractivity contribution >= 4 is 27.5 Å². The summed E-state index contributed by atoms with van der Waals surface area (Å²) in [6.07, 6.45) is 2.76. The first kappa shape index (κ1) is 20.9. The van der Waals surface area contributed by atoms with Gasteiger partial charge in [-0.1, -0.05) is 11.6 Å². The monoisotopic (exact) mass is 423 g/mol. The van der Waals surface area contributed by atoms with E-state index in [1.54, 1.807) is 0 Å². The Morgan fingerprint density at radius 2 is 1.79 bits per heavy atom. The Morgan fingerprint density at radius 1 is 1.18 bits per heavy atom. The molecule has 2 aromatic rings. The van der Waals surface area contributed by atoms with E-state index in [0.29, 0.717) is 36.1 Å². The summed E-state index contributed by atoms with van der Waals surface area (Å²) < 4.78 is 26.7. The van der Waals surface area contributed by atoms with Crippen molar-refractivity contribution in [1.82, 2.24) is 14.2 Å². The van der Waals surface area contributed by atoms with Crippen molar-refractivity contribution in [2.24, 2.45) is 5.92 Å². The van der Waals surface area contributed by atoms with E-state index in [0.717, 1.165) is 29.9 Å². The van der Waals surface area contributed by atoms with E-state index in [1.807, 2.05) is 48.7 Å². The second kappa shape index (κ2) is 8.27. The summed E-state index contributed by atoms with van der Waals surface area (Å²) in [4.78, 5) is 12.7. The van der Waals surface area contributed by atoms with Crippen molar-refractivity contribution in [2.75, 3.05) is 25.9 Å². The average molecular weight is 424 g/mol. The molecule has 0 radical (unpaired) electrons. The number of aromatic nitrogens is 1. The van der Waals surface area contributed by atoms with E-state index < -0.39 is 10.0 Å². The lowest BCUT2D eigenvalue weighted by atomic mass is 9.98. The molecule has 0 unspecified atom stereocenters. The standard InChI is InChI=1S/C20H26ClN3O3S/c1-14-12-19(15(2)24(14)18-6-4-17(21)5-7-18)20(25)22-13-16-8-10-23(11-9-16)28(3,26)27/h4-7,12,16H,8-11,13H2,1-3H3,(H,22,25). The third-order valence-electron chi connectivity index (χ3n) is 5.35. The van der Waals surface area contributed by atoms with E-state index >= 15 is 0 Å². The molecule has 1 aliphatic heterocycles. The normalized spacial score (nSPS) is 16.3. The van der Waals surface area contributed by atoms with Crippen molar-refractivity contribution < 1.29 is 13.2 Å². The number of nitrogens with one attached hydrogen (secondary N) is 1. The highest BCUT2D eigenvalue weighted by Crippen LogP contribution is 2.23. The summed E-state index contributed by atoms with van der Waals surface area (Å²) in [7, 11) is -3.13. The summed E-state index contributed by atoms with van der Waals surface area (Å²) in [6, 6.07) is 9.42. The molecular formula is C20H26ClN3O3S. The highest BCUT2D eigenvalue weighted by molar-refractivity contribution is 7.88. The summed E-state index contributed by atoms with van der Waals surface area (Å²) in [5.74, 6) is 0.195. The van der Waals surface area contributed by atoms with Gasteiger partial charge < -0.3 is 9.88 Å². The maximum absolute atomic E-state index is 12.7. The number of carbonyl (C=O) groups is 1. The molecule has 1 aromatic heterocycles. The summed E-state index contributed by atoms with van der Waals surface area (Å²) in [5, 5.41) is 3.70. The average Bonchev–Trinajstić information content (AvgIpc) is 2.94. The minimum atomic E-state index is -3.13. The van der Waals surface area contributed by atoms with Gasteiger partial charge in [0.25, 0.3) is 5.91 Å². The predicted octanol–water partition coefficient (Wildman–Crippen LogP) is 3.15. The molecule has 152 valence electrons. The summed E-state index contributed by atoms with van der Waals surface area (Å²) >= 11 is 5.97. The molecule has 1 fully saturated rings. The van der Waals surface area contributed by atoms with Gasteiger partial charge >= 0.3 is 0 Å². The molecule has 8 heteroatoms. The van der Waals surface area contributed by atoms with Crippen LogP contribution in [0.5, 0.6) is 0 Å². The van der Waals surface area contributed by atoms with Gasteiger partial charge in [0, 0.05) is 41.7 Å². The third-order valence-corrected chi connectivity index (χ3v) is 6.91. The van der Waals surface area contributed by atoms with Gasteiger partial charge in [0.15, 0.2) is 0 Å². The van der Waals surface area contributed by atoms with Crippen molar-refractivity contribution in [1.29, 1.82) is 0 Å². The molecule has 1 aromatic carbocycles. The van der Waals surface area contributed by atoms with Gasteiger partial charge in [0.05, 0.1) is 11.8 Å². The first-order valence-electron chi connectivity index (χ1n) is 9.35. The molecule has 1 N–H and O–H groups in total. The molecule has 1 aliphatic rings. The molecule has 3 rings (SSSR count). The largest absolute Gasteiger partial charge is 0.352 e. The number of carbonyl (C=O) groups excluding carboxylic acids is 1. The van der Waals surface area contributed by atoms with Crippen molar-refractivity contribution in [2.45, 2.75) is 26.7 Å². The van der Waals surface area contributed by atoms with E-state index in [9.17, 15) is 13.2 Å². The lowest BCUT2D eigenvalue weighted by Gasteiger charge is -2.30. The van der Waals surface area contributed by atoms with Crippen LogP contribution in [0.1, 0.15) is 34.6 Å². The minimum Gasteiger partial charge on any atom is -0.352 e. The number of benzene rings is 1. The second-order valence-electron chi connectivity index (χ2n) is 7.41. The number of rotatable bonds is 5. The van der Waals surface area contributed by atoms with Crippen LogP contribution in [0.15, 0.2) is 30.3 Å². The van der Waals surface area contributed by atoms with Crippen molar-refractivity contribution in [3.8, 4) is 5.69 Å². The molecule has 0 spiro atoms. The Kier molecular flexibility index (Phi) is 6.17. The molecule has 0 saturated carbocycles. The molecule has 0 bridgehead atoms. The Morgan fingerprint density at radius 3 is 2.36 bits per heavy atom. The van der Waals surface area contributed by atoms with Gasteiger partial charge in [0.1, 0.15) is 0 Å². The number of hydrogen-bond acceptors (Lipinski definition) is 3. The quantitative estimate of drug-likeness (QED) is 0.802. The lowest BCUT2D eigenvalue weighted by Crippen LogP contribution is -2.41. The predicted molar refractivity (Wildman–Crippen MR) is 112 cm³/mol. The molecule has 6 nitrogen and oxygen atoms in total. The lowest BCUT2D eigenvalue weighted by molar-refractivity contribution is 0.0941. The molecule has 0 aliphatic carbocycles. The Bertz CT molecular complexity index is 959. The number of hydrogen-bond donors (Lipinski definition) is 1. The zero-order chi connectivity index (χ0) is 20.5. The van der Waals surface area contributed by atoms with Crippen LogP contribution in [-0.2, 0) is 10.0 Å². The van der Waals surface area contributed by atoms with Gasteiger partial charge in [-0.25, -0.2) is 12.7 Å². The Hall–Kier alpha value is -1.83. The van der Waals surface area contributed by atoms with Crippen LogP contribution in [-0.4, -0.2) is 49.1 Å². The van der Waals surface area contributed by atoms with E-state index in [-0.39, 0.29) is 5.91 Å². The molecule has 1 saturated heterocycles. The number of nitrogens with zero attached hydrogens (tertiary/aromatic N) is 2. The second-order valence-corrected chi connectivity index (χ2v) is 9.83. The highest BCUT2D eigenvalue weighted by atomic mass is 35.5. The van der Waals surface area contributed by atoms with Crippen LogP contribution in [0, 0.1) is 19.8 Å². The van der Waals surface area contributed by atoms with Crippen molar-refractivity contribution in [3.05, 3.63) is 52.3 Å². The topological polar surface area (TPSA) is 71.4 Å². The number of amides is 1. The van der Waals surface area contributed by atoms with Crippen LogP contribution in [0.25, 0.3) is 5.69 Å². The molecule has 0 atom stereocenters. The molecule has 2 heterocycles. The molecule has 28 heavy (non-hydrogen) atoms. The third kappa shape index (κ3) is 4.59. The smallest absolute Gasteiger partial charge is 0.253 e. The van der Waals surface area contributed by atoms with Crippen molar-refractivity contribution in [3.63, 3.8) is 0 Å². The SMILES string of the molecule is Cc1cc(C(=O)NCC2CCN(S(C)(=O)=O)CC2)c(C)n1-c1ccc(Cl)cc1. The van der Waals surface area contributed by atoms with Crippen LogP contribution < -0.4 is 5.32 Å². The van der Waals surface area contributed by atoms with Crippen LogP contribution in [0.4, 0.5) is 0 Å². The van der Waals surface area contributed by atoms with Crippen LogP contribution in [0.2, 0.25) is 5.02 Å². The fraction of sp³-hybridized carbons (Fsp3) is 0.450. The number of piperidine rings is 1. The number of halogens is 1. The molecule has 1 amide bonds. The fourth-order valence-electron chi connectivity index (χ4n) is 3.76. The van der Waals surface area contributed by atoms with Gasteiger partial charge in [-0.05, 0) is 62.9 Å². The van der Waals surface area contributed by atoms with E-state index in [1.165, 1.54) is 10.6 Å². The first-order valence-corrected chi connectivity index (χ1v) is 11.6. The van der Waals surface area contributed by atoms with Gasteiger partial charge in [0.2, 0.25) is 10.0 Å². The van der Waals surface area contributed by atoms with Gasteiger partial charge in [-0.2, -0.15) is 0 Å². The minimum absolute atomic E-state index is 0.0983. The van der Waals surface area contributed by atoms with E-state index in [2.05, 4.69) is 5.32 Å². The summed E-state index contributed by atoms with van der Waals surface area (Å²) in [6.45, 7) is 5.50. The van der Waals surface area contributed by atoms with Crippen LogP contribution >= 0.6 is 11.6 Å². The van der Waals surface area contributed by atoms with Gasteiger partial charge in [-0.15, -0.1) is 0 Å². The Balaban J connectivity index is 1.64. The zero-order valence-electron chi connectivity index (χ0n) is 16.4. The zero-order valence-corrected chi connectivity index (χ0v) is 18.0. The molecular weight excluding hydrogens is 398 g/mol. The maximum Gasteiger partial charge on any atom is 0.253 e. The summed E-state index contributed by atoms with van der Waals surface area (Å²) in [5.41, 5.74) is 3.48. The van der Waals surface area contributed by atoms with E-state index in [4.69, 9.17) is 11.6 Å².